The summed E-state index contributed by atoms with van der Waals surface area (Å²) in [5.74, 6) is -0.866. The zero-order chi connectivity index (χ0) is 13.7. The second kappa shape index (κ2) is 6.11. The van der Waals surface area contributed by atoms with E-state index >= 15 is 0 Å². The average Bonchev–Trinajstić information content (AvgIpc) is 2.46. The molecule has 0 bridgehead atoms. The minimum absolute atomic E-state index is 0.157. The molecule has 1 aromatic heterocycles. The first-order valence-corrected chi connectivity index (χ1v) is 6.12. The Hall–Kier alpha value is -2.20. The third-order valence-corrected chi connectivity index (χ3v) is 2.96. The van der Waals surface area contributed by atoms with E-state index < -0.39 is 12.0 Å². The molecule has 0 spiro atoms. The third kappa shape index (κ3) is 3.39. The van der Waals surface area contributed by atoms with Crippen LogP contribution in [0.5, 0.6) is 0 Å². The zero-order valence-corrected chi connectivity index (χ0v) is 10.7. The minimum atomic E-state index is -0.866. The number of nitrogens with one attached hydrogen (secondary N) is 1. The van der Waals surface area contributed by atoms with Crippen molar-refractivity contribution in [3.8, 4) is 0 Å². The van der Waals surface area contributed by atoms with Gasteiger partial charge in [-0.25, -0.2) is 0 Å². The lowest BCUT2D eigenvalue weighted by Gasteiger charge is -2.22. The number of rotatable bonds is 5. The van der Waals surface area contributed by atoms with Crippen LogP contribution in [-0.4, -0.2) is 22.1 Å². The van der Waals surface area contributed by atoms with E-state index in [1.165, 1.54) is 0 Å². The van der Waals surface area contributed by atoms with E-state index in [1.54, 1.807) is 19.3 Å². The van der Waals surface area contributed by atoms with Gasteiger partial charge in [-0.1, -0.05) is 30.3 Å². The van der Waals surface area contributed by atoms with Crippen molar-refractivity contribution in [2.24, 2.45) is 0 Å². The van der Waals surface area contributed by atoms with E-state index in [9.17, 15) is 4.79 Å². The summed E-state index contributed by atoms with van der Waals surface area (Å²) in [6.45, 7) is 1.64. The molecule has 2 rings (SSSR count). The summed E-state index contributed by atoms with van der Waals surface area (Å²) in [5.41, 5.74) is 2.02. The molecule has 1 aromatic carbocycles. The molecule has 1 heterocycles. The molecule has 0 aliphatic rings. The van der Waals surface area contributed by atoms with Crippen LogP contribution < -0.4 is 5.32 Å². The Morgan fingerprint density at radius 1 is 1.11 bits per heavy atom. The second-order valence-corrected chi connectivity index (χ2v) is 4.35. The first-order valence-electron chi connectivity index (χ1n) is 6.12. The highest BCUT2D eigenvalue weighted by Gasteiger charge is 2.19. The van der Waals surface area contributed by atoms with Crippen molar-refractivity contribution in [2.75, 3.05) is 0 Å². The molecule has 0 amide bonds. The van der Waals surface area contributed by atoms with Crippen molar-refractivity contribution in [1.29, 1.82) is 0 Å². The maximum atomic E-state index is 11.0. The number of aromatic nitrogens is 1. The molecule has 0 saturated carbocycles. The quantitative estimate of drug-likeness (QED) is 0.861. The molecular weight excluding hydrogens is 240 g/mol. The van der Waals surface area contributed by atoms with Crippen LogP contribution in [0.15, 0.2) is 54.9 Å². The number of carbonyl (C=O) groups is 1. The fourth-order valence-electron chi connectivity index (χ4n) is 1.91. The summed E-state index contributed by atoms with van der Waals surface area (Å²) in [4.78, 5) is 15.0. The fraction of sp³-hybridized carbons (Fsp3) is 0.200. The lowest BCUT2D eigenvalue weighted by molar-refractivity contribution is -0.139. The zero-order valence-electron chi connectivity index (χ0n) is 10.7. The van der Waals surface area contributed by atoms with E-state index in [4.69, 9.17) is 5.11 Å². The van der Waals surface area contributed by atoms with E-state index in [1.807, 2.05) is 42.5 Å². The van der Waals surface area contributed by atoms with E-state index in [0.29, 0.717) is 0 Å². The highest BCUT2D eigenvalue weighted by Crippen LogP contribution is 2.21. The van der Waals surface area contributed by atoms with Gasteiger partial charge < -0.3 is 5.11 Å². The first-order chi connectivity index (χ1) is 9.18. The lowest BCUT2D eigenvalue weighted by atomic mass is 9.99. The maximum absolute atomic E-state index is 11.0. The first kappa shape index (κ1) is 13.2. The Balaban J connectivity index is 2.32. The number of carboxylic acid groups (broad SMARTS) is 1. The third-order valence-electron chi connectivity index (χ3n) is 2.96. The normalized spacial score (nSPS) is 13.7. The summed E-state index contributed by atoms with van der Waals surface area (Å²) in [6.07, 6.45) is 3.41. The van der Waals surface area contributed by atoms with Crippen LogP contribution in [0.25, 0.3) is 0 Å². The van der Waals surface area contributed by atoms with Gasteiger partial charge in [0.1, 0.15) is 6.04 Å². The van der Waals surface area contributed by atoms with Crippen LogP contribution in [0.3, 0.4) is 0 Å². The SMILES string of the molecule is CC(NC(c1ccccc1)c1ccncc1)C(=O)O. The molecule has 0 aliphatic heterocycles. The molecule has 0 fully saturated rings. The van der Waals surface area contributed by atoms with Crippen molar-refractivity contribution in [2.45, 2.75) is 19.0 Å². The molecule has 4 heteroatoms. The Morgan fingerprint density at radius 3 is 2.26 bits per heavy atom. The van der Waals surface area contributed by atoms with Gasteiger partial charge in [0.15, 0.2) is 0 Å². The number of hydrogen-bond acceptors (Lipinski definition) is 3. The van der Waals surface area contributed by atoms with Crippen molar-refractivity contribution >= 4 is 5.97 Å². The van der Waals surface area contributed by atoms with Crippen molar-refractivity contribution in [3.63, 3.8) is 0 Å². The van der Waals surface area contributed by atoms with Gasteiger partial charge in [-0.3, -0.25) is 15.1 Å². The summed E-state index contributed by atoms with van der Waals surface area (Å²) < 4.78 is 0. The standard InChI is InChI=1S/C15H16N2O2/c1-11(15(18)19)17-14(12-5-3-2-4-6-12)13-7-9-16-10-8-13/h2-11,14,17H,1H3,(H,18,19). The van der Waals surface area contributed by atoms with Crippen LogP contribution in [0.1, 0.15) is 24.1 Å². The van der Waals surface area contributed by atoms with Gasteiger partial charge in [0, 0.05) is 12.4 Å². The molecule has 2 aromatic rings. The topological polar surface area (TPSA) is 62.2 Å². The van der Waals surface area contributed by atoms with Gasteiger partial charge in [0.05, 0.1) is 6.04 Å². The predicted molar refractivity (Wildman–Crippen MR) is 72.8 cm³/mol. The molecule has 2 N–H and O–H groups in total. The van der Waals surface area contributed by atoms with Crippen LogP contribution in [-0.2, 0) is 4.79 Å². The predicted octanol–water partition coefficient (Wildman–Crippen LogP) is 2.23. The number of aliphatic carboxylic acids is 1. The Bertz CT molecular complexity index is 489. The van der Waals surface area contributed by atoms with Crippen LogP contribution >= 0.6 is 0 Å². The lowest BCUT2D eigenvalue weighted by Crippen LogP contribution is -2.37. The van der Waals surface area contributed by atoms with Gasteiger partial charge in [-0.2, -0.15) is 0 Å². The molecule has 2 atom stereocenters. The molecule has 0 radical (unpaired) electrons. The number of pyridine rings is 1. The average molecular weight is 256 g/mol. The van der Waals surface area contributed by atoms with Crippen molar-refractivity contribution in [3.05, 3.63) is 66.0 Å². The number of nitrogens with zero attached hydrogens (tertiary/aromatic N) is 1. The number of carboxylic acids is 1. The van der Waals surface area contributed by atoms with E-state index in [-0.39, 0.29) is 6.04 Å². The van der Waals surface area contributed by atoms with Crippen molar-refractivity contribution in [1.82, 2.24) is 10.3 Å². The Labute approximate surface area is 112 Å². The van der Waals surface area contributed by atoms with Crippen LogP contribution in [0.2, 0.25) is 0 Å². The Morgan fingerprint density at radius 2 is 1.68 bits per heavy atom. The number of benzene rings is 1. The largest absolute Gasteiger partial charge is 0.480 e. The van der Waals surface area contributed by atoms with Crippen molar-refractivity contribution < 1.29 is 9.90 Å². The highest BCUT2D eigenvalue weighted by atomic mass is 16.4. The fourth-order valence-corrected chi connectivity index (χ4v) is 1.91. The highest BCUT2D eigenvalue weighted by molar-refractivity contribution is 5.73. The summed E-state index contributed by atoms with van der Waals surface area (Å²) >= 11 is 0. The molecule has 0 saturated heterocycles. The van der Waals surface area contributed by atoms with Gasteiger partial charge >= 0.3 is 5.97 Å². The summed E-state index contributed by atoms with van der Waals surface area (Å²) in [6, 6.07) is 12.8. The van der Waals surface area contributed by atoms with E-state index in [2.05, 4.69) is 10.3 Å². The summed E-state index contributed by atoms with van der Waals surface area (Å²) in [5, 5.41) is 12.2. The second-order valence-electron chi connectivity index (χ2n) is 4.35. The minimum Gasteiger partial charge on any atom is -0.480 e. The summed E-state index contributed by atoms with van der Waals surface area (Å²) in [7, 11) is 0. The van der Waals surface area contributed by atoms with Gasteiger partial charge in [0.25, 0.3) is 0 Å². The Kier molecular flexibility index (Phi) is 4.26. The smallest absolute Gasteiger partial charge is 0.320 e. The maximum Gasteiger partial charge on any atom is 0.320 e. The van der Waals surface area contributed by atoms with Crippen LogP contribution in [0.4, 0.5) is 0 Å². The molecule has 0 aliphatic carbocycles. The molecule has 2 unspecified atom stereocenters. The van der Waals surface area contributed by atoms with E-state index in [0.717, 1.165) is 11.1 Å². The van der Waals surface area contributed by atoms with Gasteiger partial charge in [-0.15, -0.1) is 0 Å². The van der Waals surface area contributed by atoms with Gasteiger partial charge in [0.2, 0.25) is 0 Å². The monoisotopic (exact) mass is 256 g/mol. The molecule has 98 valence electrons. The molecule has 4 nitrogen and oxygen atoms in total. The molecule has 19 heavy (non-hydrogen) atoms. The van der Waals surface area contributed by atoms with Crippen LogP contribution in [0, 0.1) is 0 Å². The van der Waals surface area contributed by atoms with Gasteiger partial charge in [-0.05, 0) is 30.2 Å². The molecular formula is C15H16N2O2. The number of hydrogen-bond donors (Lipinski definition) is 2.